The summed E-state index contributed by atoms with van der Waals surface area (Å²) in [5.41, 5.74) is -0.447. The molecule has 6 nitrogen and oxygen atoms in total. The quantitative estimate of drug-likeness (QED) is 0.818. The van der Waals surface area contributed by atoms with Gasteiger partial charge in [-0.25, -0.2) is 13.1 Å². The molecule has 2 N–H and O–H groups in total. The van der Waals surface area contributed by atoms with Crippen molar-refractivity contribution < 1.29 is 18.0 Å². The lowest BCUT2D eigenvalue weighted by Gasteiger charge is -2.24. The lowest BCUT2D eigenvalue weighted by molar-refractivity contribution is 0.0627. The lowest BCUT2D eigenvalue weighted by Crippen LogP contribution is -2.38. The Morgan fingerprint density at radius 2 is 1.91 bits per heavy atom. The highest BCUT2D eigenvalue weighted by atomic mass is 79.9. The summed E-state index contributed by atoms with van der Waals surface area (Å²) in [6.07, 6.45) is 0. The Bertz CT molecular complexity index is 747. The Hall–Kier alpha value is -1.22. The van der Waals surface area contributed by atoms with Crippen LogP contribution in [0.5, 0.6) is 0 Å². The summed E-state index contributed by atoms with van der Waals surface area (Å²) in [7, 11) is -3.80. The highest BCUT2D eigenvalue weighted by Gasteiger charge is 2.29. The van der Waals surface area contributed by atoms with Gasteiger partial charge in [0.1, 0.15) is 16.2 Å². The van der Waals surface area contributed by atoms with Crippen LogP contribution in [-0.4, -0.2) is 25.2 Å². The maximum Gasteiger partial charge on any atom is 0.246 e. The topological polar surface area (TPSA) is 92.4 Å². The first kappa shape index (κ1) is 17.1. The minimum Gasteiger partial charge on any atom is -0.384 e. The fourth-order valence-electron chi connectivity index (χ4n) is 2.08. The minimum absolute atomic E-state index is 0.0131. The summed E-state index contributed by atoms with van der Waals surface area (Å²) in [5, 5.41) is 14.1. The molecule has 0 radical (unpaired) electrons. The van der Waals surface area contributed by atoms with Gasteiger partial charge < -0.3 is 9.63 Å². The number of nitrogens with one attached hydrogen (secondary N) is 1. The predicted octanol–water partition coefficient (Wildman–Crippen LogP) is 2.24. The van der Waals surface area contributed by atoms with E-state index in [0.29, 0.717) is 5.56 Å². The molecule has 1 unspecified atom stereocenters. The smallest absolute Gasteiger partial charge is 0.246 e. The second-order valence-corrected chi connectivity index (χ2v) is 7.88. The third-order valence-corrected chi connectivity index (χ3v) is 5.48. The highest BCUT2D eigenvalue weighted by Crippen LogP contribution is 2.24. The molecule has 0 fully saturated rings. The van der Waals surface area contributed by atoms with E-state index in [4.69, 9.17) is 4.52 Å². The van der Waals surface area contributed by atoms with E-state index in [1.807, 2.05) is 0 Å². The van der Waals surface area contributed by atoms with Crippen LogP contribution in [0.3, 0.4) is 0 Å². The highest BCUT2D eigenvalue weighted by molar-refractivity contribution is 9.10. The molecule has 1 heterocycles. The first-order valence-corrected chi connectivity index (χ1v) is 8.82. The van der Waals surface area contributed by atoms with Crippen molar-refractivity contribution in [3.8, 4) is 0 Å². The molecule has 0 saturated heterocycles. The number of aliphatic hydroxyl groups is 1. The molecule has 2 aromatic rings. The molecule has 0 amide bonds. The number of rotatable bonds is 5. The monoisotopic (exact) mass is 388 g/mol. The van der Waals surface area contributed by atoms with Gasteiger partial charge in [-0.2, -0.15) is 0 Å². The summed E-state index contributed by atoms with van der Waals surface area (Å²) in [6, 6.07) is 7.03. The van der Waals surface area contributed by atoms with Gasteiger partial charge in [-0.3, -0.25) is 0 Å². The Balaban J connectivity index is 2.19. The van der Waals surface area contributed by atoms with Crippen molar-refractivity contribution in [2.24, 2.45) is 0 Å². The number of sulfonamides is 1. The van der Waals surface area contributed by atoms with Gasteiger partial charge in [-0.05, 0) is 38.5 Å². The average molecular weight is 389 g/mol. The van der Waals surface area contributed by atoms with Crippen molar-refractivity contribution in [3.63, 3.8) is 0 Å². The van der Waals surface area contributed by atoms with E-state index in [1.54, 1.807) is 38.1 Å². The van der Waals surface area contributed by atoms with Gasteiger partial charge in [0.2, 0.25) is 10.0 Å². The fraction of sp³-hybridized carbons (Fsp3) is 0.357. The first-order chi connectivity index (χ1) is 10.1. The second kappa shape index (κ2) is 6.11. The number of nitrogens with zero attached hydrogens (tertiary/aromatic N) is 1. The molecule has 22 heavy (non-hydrogen) atoms. The van der Waals surface area contributed by atoms with E-state index in [1.165, 1.54) is 6.92 Å². The van der Waals surface area contributed by atoms with Crippen LogP contribution in [0.25, 0.3) is 0 Å². The van der Waals surface area contributed by atoms with Gasteiger partial charge in [-0.15, -0.1) is 0 Å². The van der Waals surface area contributed by atoms with Crippen LogP contribution in [0.15, 0.2) is 38.2 Å². The molecule has 1 atom stereocenters. The van der Waals surface area contributed by atoms with Crippen molar-refractivity contribution >= 4 is 26.0 Å². The Kier molecular flexibility index (Phi) is 4.76. The maximum absolute atomic E-state index is 12.3. The number of aromatic nitrogens is 1. The molecule has 0 aliphatic heterocycles. The zero-order chi connectivity index (χ0) is 16.5. The number of benzene rings is 1. The molecular formula is C14H17BrN2O4S. The lowest BCUT2D eigenvalue weighted by atomic mass is 9.97. The van der Waals surface area contributed by atoms with Gasteiger partial charge in [0.15, 0.2) is 5.76 Å². The summed E-state index contributed by atoms with van der Waals surface area (Å²) in [5.74, 6) is 0.216. The van der Waals surface area contributed by atoms with Gasteiger partial charge in [0.25, 0.3) is 0 Å². The number of hydrogen-bond acceptors (Lipinski definition) is 5. The third-order valence-electron chi connectivity index (χ3n) is 3.31. The number of hydrogen-bond donors (Lipinski definition) is 2. The van der Waals surface area contributed by atoms with E-state index >= 15 is 0 Å². The van der Waals surface area contributed by atoms with Gasteiger partial charge in [0.05, 0.1) is 0 Å². The van der Waals surface area contributed by atoms with Crippen molar-refractivity contribution in [1.29, 1.82) is 0 Å². The van der Waals surface area contributed by atoms with Crippen molar-refractivity contribution in [1.82, 2.24) is 9.88 Å². The number of halogens is 1. The first-order valence-electron chi connectivity index (χ1n) is 6.54. The molecular weight excluding hydrogens is 372 g/mol. The van der Waals surface area contributed by atoms with Crippen LogP contribution in [0, 0.1) is 13.8 Å². The molecule has 120 valence electrons. The van der Waals surface area contributed by atoms with Crippen molar-refractivity contribution in [3.05, 3.63) is 45.8 Å². The van der Waals surface area contributed by atoms with Crippen molar-refractivity contribution in [2.45, 2.75) is 31.3 Å². The van der Waals surface area contributed by atoms with Crippen LogP contribution >= 0.6 is 15.9 Å². The standard InChI is InChI=1S/C14H17BrN2O4S/c1-9-13(10(2)21-17-9)22(19,20)16-8-14(3,18)11-4-6-12(15)7-5-11/h4-7,16,18H,8H2,1-3H3. The predicted molar refractivity (Wildman–Crippen MR) is 84.9 cm³/mol. The third kappa shape index (κ3) is 3.57. The fourth-order valence-corrected chi connectivity index (χ4v) is 3.80. The Morgan fingerprint density at radius 3 is 2.41 bits per heavy atom. The van der Waals surface area contributed by atoms with Crippen LogP contribution in [0.4, 0.5) is 0 Å². The van der Waals surface area contributed by atoms with E-state index in [0.717, 1.165) is 4.47 Å². The molecule has 0 saturated carbocycles. The molecule has 0 aliphatic rings. The molecule has 2 rings (SSSR count). The van der Waals surface area contributed by atoms with Crippen LogP contribution in [-0.2, 0) is 15.6 Å². The van der Waals surface area contributed by atoms with Crippen LogP contribution in [0.1, 0.15) is 23.9 Å². The van der Waals surface area contributed by atoms with E-state index in [-0.39, 0.29) is 22.9 Å². The summed E-state index contributed by atoms with van der Waals surface area (Å²) < 4.78 is 32.8. The van der Waals surface area contributed by atoms with Crippen LogP contribution in [0.2, 0.25) is 0 Å². The maximum atomic E-state index is 12.3. The molecule has 0 aliphatic carbocycles. The molecule has 0 bridgehead atoms. The number of aryl methyl sites for hydroxylation is 2. The molecule has 8 heteroatoms. The summed E-state index contributed by atoms with van der Waals surface area (Å²) in [6.45, 7) is 4.46. The Labute approximate surface area is 137 Å². The molecule has 1 aromatic heterocycles. The SMILES string of the molecule is Cc1noc(C)c1S(=O)(=O)NCC(C)(O)c1ccc(Br)cc1. The molecule has 0 spiro atoms. The van der Waals surface area contributed by atoms with E-state index < -0.39 is 15.6 Å². The summed E-state index contributed by atoms with van der Waals surface area (Å²) in [4.78, 5) is 0.0131. The largest absolute Gasteiger partial charge is 0.384 e. The molecule has 1 aromatic carbocycles. The van der Waals surface area contributed by atoms with Gasteiger partial charge >= 0.3 is 0 Å². The van der Waals surface area contributed by atoms with Gasteiger partial charge in [-0.1, -0.05) is 33.2 Å². The average Bonchev–Trinajstić information content (AvgIpc) is 2.77. The zero-order valence-corrected chi connectivity index (χ0v) is 14.8. The minimum atomic E-state index is -3.80. The summed E-state index contributed by atoms with van der Waals surface area (Å²) >= 11 is 3.31. The van der Waals surface area contributed by atoms with Crippen molar-refractivity contribution in [2.75, 3.05) is 6.54 Å². The van der Waals surface area contributed by atoms with E-state index in [2.05, 4.69) is 25.8 Å². The van der Waals surface area contributed by atoms with E-state index in [9.17, 15) is 13.5 Å². The second-order valence-electron chi connectivity index (χ2n) is 5.26. The van der Waals surface area contributed by atoms with Crippen LogP contribution < -0.4 is 4.72 Å². The zero-order valence-electron chi connectivity index (χ0n) is 12.4. The normalized spacial score (nSPS) is 14.8. The van der Waals surface area contributed by atoms with Gasteiger partial charge in [0, 0.05) is 11.0 Å². The Morgan fingerprint density at radius 1 is 1.32 bits per heavy atom.